The zero-order chi connectivity index (χ0) is 15.8. The van der Waals surface area contributed by atoms with Crippen LogP contribution in [-0.4, -0.2) is 30.6 Å². The summed E-state index contributed by atoms with van der Waals surface area (Å²) in [5.74, 6) is -1.20. The molecule has 1 aromatic heterocycles. The summed E-state index contributed by atoms with van der Waals surface area (Å²) in [4.78, 5) is 13.1. The molecule has 0 aliphatic carbocycles. The topological polar surface area (TPSA) is 46.3 Å². The van der Waals surface area contributed by atoms with E-state index in [2.05, 4.69) is 0 Å². The number of hydrogen-bond acceptors (Lipinski definition) is 3. The van der Waals surface area contributed by atoms with Gasteiger partial charge in [-0.25, -0.2) is 4.39 Å². The highest BCUT2D eigenvalue weighted by atomic mass is 32.1. The number of amides is 1. The monoisotopic (exact) mass is 320 g/mol. The molecule has 2 rings (SSSR count). The molecule has 114 valence electrons. The van der Waals surface area contributed by atoms with Crippen LogP contribution in [0.5, 0.6) is 0 Å². The third kappa shape index (κ3) is 3.26. The van der Waals surface area contributed by atoms with Gasteiger partial charge in [0.25, 0.3) is 5.91 Å². The van der Waals surface area contributed by atoms with Crippen molar-refractivity contribution < 1.29 is 22.4 Å². The van der Waals surface area contributed by atoms with E-state index in [1.165, 1.54) is 19.2 Å². The summed E-state index contributed by atoms with van der Waals surface area (Å²) in [6.45, 7) is -0.474. The Balaban J connectivity index is 2.27. The number of nitrogens with two attached hydrogens (primary N) is 1. The van der Waals surface area contributed by atoms with E-state index >= 15 is 0 Å². The van der Waals surface area contributed by atoms with Gasteiger partial charge in [0.05, 0.1) is 17.5 Å². The minimum Gasteiger partial charge on any atom is -0.397 e. The van der Waals surface area contributed by atoms with Crippen molar-refractivity contribution in [3.05, 3.63) is 28.9 Å². The van der Waals surface area contributed by atoms with Crippen molar-refractivity contribution in [2.75, 3.05) is 19.3 Å². The highest BCUT2D eigenvalue weighted by molar-refractivity contribution is 7.21. The average Bonchev–Trinajstić information content (AvgIpc) is 2.73. The number of benzene rings is 1. The summed E-state index contributed by atoms with van der Waals surface area (Å²) in [5.41, 5.74) is 5.73. The van der Waals surface area contributed by atoms with E-state index in [0.717, 1.165) is 16.2 Å². The zero-order valence-corrected chi connectivity index (χ0v) is 11.8. The minimum absolute atomic E-state index is 0.0306. The van der Waals surface area contributed by atoms with E-state index in [0.29, 0.717) is 4.70 Å². The van der Waals surface area contributed by atoms with Crippen LogP contribution in [0.3, 0.4) is 0 Å². The maximum Gasteiger partial charge on any atom is 0.390 e. The third-order valence-electron chi connectivity index (χ3n) is 2.97. The number of nitrogen functional groups attached to an aromatic ring is 1. The summed E-state index contributed by atoms with van der Waals surface area (Å²) >= 11 is 0.970. The lowest BCUT2D eigenvalue weighted by Crippen LogP contribution is -2.30. The van der Waals surface area contributed by atoms with Gasteiger partial charge in [0, 0.05) is 18.3 Å². The first-order valence-electron chi connectivity index (χ1n) is 5.99. The normalized spacial score (nSPS) is 11.9. The molecule has 1 heterocycles. The molecule has 0 bridgehead atoms. The van der Waals surface area contributed by atoms with Crippen molar-refractivity contribution in [2.45, 2.75) is 12.6 Å². The first-order chi connectivity index (χ1) is 9.70. The van der Waals surface area contributed by atoms with Gasteiger partial charge in [-0.3, -0.25) is 4.79 Å². The van der Waals surface area contributed by atoms with E-state index < -0.39 is 30.9 Å². The third-order valence-corrected chi connectivity index (χ3v) is 4.13. The molecule has 0 radical (unpaired) electrons. The molecule has 0 aliphatic rings. The Bertz CT molecular complexity index is 681. The quantitative estimate of drug-likeness (QED) is 0.878. The second kappa shape index (κ2) is 5.51. The lowest BCUT2D eigenvalue weighted by atomic mass is 10.2. The van der Waals surface area contributed by atoms with Crippen molar-refractivity contribution in [3.8, 4) is 0 Å². The van der Waals surface area contributed by atoms with Crippen LogP contribution in [0.4, 0.5) is 23.2 Å². The fourth-order valence-electron chi connectivity index (χ4n) is 1.86. The number of alkyl halides is 3. The standard InChI is InChI=1S/C13H12F4N2OS/c1-19(6-5-13(15,16)17)12(20)11-10(18)9-7(14)3-2-4-8(9)21-11/h2-4H,5-6,18H2,1H3. The Morgan fingerprint density at radius 2 is 2.05 bits per heavy atom. The van der Waals surface area contributed by atoms with Crippen LogP contribution < -0.4 is 5.73 Å². The first-order valence-corrected chi connectivity index (χ1v) is 6.81. The van der Waals surface area contributed by atoms with E-state index in [1.54, 1.807) is 6.07 Å². The van der Waals surface area contributed by atoms with Gasteiger partial charge in [-0.05, 0) is 12.1 Å². The fourth-order valence-corrected chi connectivity index (χ4v) is 2.99. The summed E-state index contributed by atoms with van der Waals surface area (Å²) < 4.78 is 50.7. The molecule has 8 heteroatoms. The fraction of sp³-hybridized carbons (Fsp3) is 0.308. The van der Waals surface area contributed by atoms with Crippen LogP contribution >= 0.6 is 11.3 Å². The second-order valence-electron chi connectivity index (χ2n) is 4.55. The van der Waals surface area contributed by atoms with Crippen molar-refractivity contribution in [1.82, 2.24) is 4.90 Å². The van der Waals surface area contributed by atoms with Crippen LogP contribution in [-0.2, 0) is 0 Å². The highest BCUT2D eigenvalue weighted by Crippen LogP contribution is 2.36. The Labute approximate surface area is 122 Å². The molecular weight excluding hydrogens is 308 g/mol. The van der Waals surface area contributed by atoms with E-state index in [1.807, 2.05) is 0 Å². The summed E-state index contributed by atoms with van der Waals surface area (Å²) in [7, 11) is 1.26. The van der Waals surface area contributed by atoms with Crippen molar-refractivity contribution in [2.24, 2.45) is 0 Å². The molecule has 1 aromatic carbocycles. The average molecular weight is 320 g/mol. The molecule has 0 saturated carbocycles. The first kappa shape index (κ1) is 15.6. The lowest BCUT2D eigenvalue weighted by Gasteiger charge is -2.17. The molecule has 21 heavy (non-hydrogen) atoms. The molecular formula is C13H12F4N2OS. The number of thiophene rings is 1. The molecule has 0 atom stereocenters. The van der Waals surface area contributed by atoms with Crippen molar-refractivity contribution >= 4 is 33.0 Å². The number of halogens is 4. The number of anilines is 1. The largest absolute Gasteiger partial charge is 0.397 e. The number of nitrogens with zero attached hydrogens (tertiary/aromatic N) is 1. The highest BCUT2D eigenvalue weighted by Gasteiger charge is 2.29. The van der Waals surface area contributed by atoms with Crippen LogP contribution in [0.25, 0.3) is 10.1 Å². The Hall–Kier alpha value is -1.83. The predicted molar refractivity (Wildman–Crippen MR) is 73.8 cm³/mol. The predicted octanol–water partition coefficient (Wildman–Crippen LogP) is 3.65. The van der Waals surface area contributed by atoms with Gasteiger partial charge in [0.1, 0.15) is 10.7 Å². The Morgan fingerprint density at radius 3 is 2.62 bits per heavy atom. The maximum atomic E-state index is 13.7. The molecule has 0 unspecified atom stereocenters. The number of fused-ring (bicyclic) bond motifs is 1. The minimum atomic E-state index is -4.34. The van der Waals surface area contributed by atoms with Crippen LogP contribution in [0.1, 0.15) is 16.1 Å². The molecule has 1 amide bonds. The van der Waals surface area contributed by atoms with Crippen molar-refractivity contribution in [3.63, 3.8) is 0 Å². The van der Waals surface area contributed by atoms with Crippen molar-refractivity contribution in [1.29, 1.82) is 0 Å². The zero-order valence-electron chi connectivity index (χ0n) is 11.0. The lowest BCUT2D eigenvalue weighted by molar-refractivity contribution is -0.136. The molecule has 2 N–H and O–H groups in total. The number of rotatable bonds is 3. The SMILES string of the molecule is CN(CCC(F)(F)F)C(=O)c1sc2cccc(F)c2c1N. The number of hydrogen-bond donors (Lipinski definition) is 1. The van der Waals surface area contributed by atoms with Gasteiger partial charge in [-0.15, -0.1) is 11.3 Å². The van der Waals surface area contributed by atoms with Gasteiger partial charge >= 0.3 is 6.18 Å². The van der Waals surface area contributed by atoms with Crippen LogP contribution in [0.15, 0.2) is 18.2 Å². The van der Waals surface area contributed by atoms with Crippen LogP contribution in [0.2, 0.25) is 0 Å². The van der Waals surface area contributed by atoms with Gasteiger partial charge in [-0.1, -0.05) is 6.07 Å². The van der Waals surface area contributed by atoms with Gasteiger partial charge in [0.15, 0.2) is 0 Å². The summed E-state index contributed by atoms with van der Waals surface area (Å²) in [6, 6.07) is 4.30. The summed E-state index contributed by atoms with van der Waals surface area (Å²) in [6.07, 6.45) is -5.44. The smallest absolute Gasteiger partial charge is 0.390 e. The van der Waals surface area contributed by atoms with Crippen LogP contribution in [0, 0.1) is 5.82 Å². The molecule has 2 aromatic rings. The second-order valence-corrected chi connectivity index (χ2v) is 5.60. The maximum absolute atomic E-state index is 13.7. The molecule has 0 fully saturated rings. The van der Waals surface area contributed by atoms with Gasteiger partial charge < -0.3 is 10.6 Å². The molecule has 3 nitrogen and oxygen atoms in total. The van der Waals surface area contributed by atoms with E-state index in [4.69, 9.17) is 5.73 Å². The van der Waals surface area contributed by atoms with E-state index in [-0.39, 0.29) is 16.0 Å². The molecule has 0 saturated heterocycles. The molecule has 0 spiro atoms. The van der Waals surface area contributed by atoms with Gasteiger partial charge in [-0.2, -0.15) is 13.2 Å². The van der Waals surface area contributed by atoms with Gasteiger partial charge in [0.2, 0.25) is 0 Å². The number of carbonyl (C=O) groups is 1. The number of carbonyl (C=O) groups excluding carboxylic acids is 1. The Morgan fingerprint density at radius 1 is 1.38 bits per heavy atom. The van der Waals surface area contributed by atoms with E-state index in [9.17, 15) is 22.4 Å². The summed E-state index contributed by atoms with van der Waals surface area (Å²) in [5, 5.41) is 0.134. The molecule has 0 aliphatic heterocycles. The Kier molecular flexibility index (Phi) is 4.08.